The average molecular weight is 114 g/mol. The van der Waals surface area contributed by atoms with E-state index < -0.39 is 0 Å². The highest BCUT2D eigenvalue weighted by Gasteiger charge is 1.93. The van der Waals surface area contributed by atoms with Crippen molar-refractivity contribution in [1.82, 2.24) is 0 Å². The van der Waals surface area contributed by atoms with E-state index in [0.29, 0.717) is 5.25 Å². The van der Waals surface area contributed by atoms with Gasteiger partial charge in [0.05, 0.1) is 5.25 Å². The van der Waals surface area contributed by atoms with E-state index in [4.69, 9.17) is 6.42 Å². The summed E-state index contributed by atoms with van der Waals surface area (Å²) in [6.45, 7) is 2.10. The van der Waals surface area contributed by atoms with Crippen LogP contribution in [0.2, 0.25) is 0 Å². The Morgan fingerprint density at radius 1 is 1.86 bits per heavy atom. The summed E-state index contributed by atoms with van der Waals surface area (Å²) in [5.41, 5.74) is 0. The lowest BCUT2D eigenvalue weighted by Gasteiger charge is -1.98. The molecule has 1 atom stereocenters. The van der Waals surface area contributed by atoms with Gasteiger partial charge in [-0.25, -0.2) is 0 Å². The number of rotatable bonds is 2. The Hall–Kier alpha value is -0.0900. The van der Waals surface area contributed by atoms with Crippen LogP contribution in [0.3, 0.4) is 0 Å². The van der Waals surface area contributed by atoms with E-state index in [2.05, 4.69) is 12.8 Å². The minimum atomic E-state index is 0.431. The van der Waals surface area contributed by atoms with Gasteiger partial charge in [0.1, 0.15) is 0 Å². The van der Waals surface area contributed by atoms with E-state index in [9.17, 15) is 0 Å². The molecule has 0 spiro atoms. The fourth-order valence-corrected chi connectivity index (χ4v) is 0.822. The molecule has 0 aliphatic carbocycles. The van der Waals surface area contributed by atoms with Crippen LogP contribution in [0.4, 0.5) is 0 Å². The summed E-state index contributed by atoms with van der Waals surface area (Å²) in [4.78, 5) is 0. The molecule has 0 radical (unpaired) electrons. The van der Waals surface area contributed by atoms with Gasteiger partial charge in [-0.05, 0) is 12.7 Å². The minimum Gasteiger partial charge on any atom is -0.149 e. The summed E-state index contributed by atoms with van der Waals surface area (Å²) in [5, 5.41) is 0.431. The Balaban J connectivity index is 3.23. The van der Waals surface area contributed by atoms with Gasteiger partial charge in [0.25, 0.3) is 0 Å². The molecule has 0 aliphatic heterocycles. The SMILES string of the molecule is C#CC(CC)SC. The molecule has 0 fully saturated rings. The molecular weight excluding hydrogens is 104 g/mol. The molecule has 0 rings (SSSR count). The second kappa shape index (κ2) is 4.08. The molecule has 0 aliphatic rings. The highest BCUT2D eigenvalue weighted by Crippen LogP contribution is 2.07. The van der Waals surface area contributed by atoms with Gasteiger partial charge in [-0.3, -0.25) is 0 Å². The second-order valence-corrected chi connectivity index (χ2v) is 2.34. The first kappa shape index (κ1) is 6.91. The second-order valence-electron chi connectivity index (χ2n) is 1.30. The zero-order chi connectivity index (χ0) is 5.70. The van der Waals surface area contributed by atoms with Crippen molar-refractivity contribution in [3.05, 3.63) is 0 Å². The van der Waals surface area contributed by atoms with Crippen molar-refractivity contribution in [3.8, 4) is 12.3 Å². The highest BCUT2D eigenvalue weighted by molar-refractivity contribution is 7.99. The van der Waals surface area contributed by atoms with Crippen molar-refractivity contribution < 1.29 is 0 Å². The van der Waals surface area contributed by atoms with Crippen molar-refractivity contribution in [3.63, 3.8) is 0 Å². The van der Waals surface area contributed by atoms with Crippen LogP contribution < -0.4 is 0 Å². The Morgan fingerprint density at radius 3 is 2.43 bits per heavy atom. The summed E-state index contributed by atoms with van der Waals surface area (Å²) in [5.74, 6) is 2.66. The molecule has 7 heavy (non-hydrogen) atoms. The molecule has 0 nitrogen and oxygen atoms in total. The zero-order valence-corrected chi connectivity index (χ0v) is 5.59. The average Bonchev–Trinajstić information content (AvgIpc) is 1.72. The molecule has 0 aromatic carbocycles. The Bertz CT molecular complexity index is 66.7. The molecule has 0 aromatic heterocycles. The highest BCUT2D eigenvalue weighted by atomic mass is 32.2. The Morgan fingerprint density at radius 2 is 2.43 bits per heavy atom. The first-order chi connectivity index (χ1) is 3.35. The Kier molecular flexibility index (Phi) is 4.03. The van der Waals surface area contributed by atoms with Crippen LogP contribution in [0.5, 0.6) is 0 Å². The standard InChI is InChI=1S/C6H10S/c1-4-6(5-2)7-3/h1,6H,5H2,2-3H3. The maximum atomic E-state index is 5.12. The molecule has 0 N–H and O–H groups in total. The van der Waals surface area contributed by atoms with Crippen LogP contribution in [0.15, 0.2) is 0 Å². The molecule has 0 bridgehead atoms. The maximum absolute atomic E-state index is 5.12. The third kappa shape index (κ3) is 2.59. The molecular formula is C6H10S. The van der Waals surface area contributed by atoms with Gasteiger partial charge < -0.3 is 0 Å². The van der Waals surface area contributed by atoms with E-state index in [1.165, 1.54) is 0 Å². The fraction of sp³-hybridized carbons (Fsp3) is 0.667. The summed E-state index contributed by atoms with van der Waals surface area (Å²) < 4.78 is 0. The smallest absolute Gasteiger partial charge is 0.0649 e. The first-order valence-electron chi connectivity index (χ1n) is 2.34. The predicted molar refractivity (Wildman–Crippen MR) is 36.4 cm³/mol. The van der Waals surface area contributed by atoms with E-state index in [1.807, 2.05) is 6.26 Å². The molecule has 40 valence electrons. The van der Waals surface area contributed by atoms with Gasteiger partial charge in [-0.1, -0.05) is 12.8 Å². The normalized spacial score (nSPS) is 12.7. The van der Waals surface area contributed by atoms with Crippen LogP contribution in [-0.2, 0) is 0 Å². The Labute approximate surface area is 49.7 Å². The van der Waals surface area contributed by atoms with Gasteiger partial charge in [0.15, 0.2) is 0 Å². The van der Waals surface area contributed by atoms with Crippen LogP contribution in [0, 0.1) is 12.3 Å². The molecule has 1 unspecified atom stereocenters. The largest absolute Gasteiger partial charge is 0.149 e. The molecule has 0 amide bonds. The lowest BCUT2D eigenvalue weighted by Crippen LogP contribution is -1.92. The van der Waals surface area contributed by atoms with Gasteiger partial charge >= 0.3 is 0 Å². The number of thioether (sulfide) groups is 1. The van der Waals surface area contributed by atoms with E-state index >= 15 is 0 Å². The molecule has 0 aromatic rings. The third-order valence-corrected chi connectivity index (χ3v) is 1.88. The predicted octanol–water partition coefficient (Wildman–Crippen LogP) is 1.76. The van der Waals surface area contributed by atoms with Crippen LogP contribution >= 0.6 is 11.8 Å². The zero-order valence-electron chi connectivity index (χ0n) is 4.77. The van der Waals surface area contributed by atoms with Gasteiger partial charge in [-0.15, -0.1) is 18.2 Å². The maximum Gasteiger partial charge on any atom is 0.0649 e. The van der Waals surface area contributed by atoms with Crippen molar-refractivity contribution >= 4 is 11.8 Å². The topological polar surface area (TPSA) is 0 Å². The summed E-state index contributed by atoms with van der Waals surface area (Å²) in [6, 6.07) is 0. The van der Waals surface area contributed by atoms with Gasteiger partial charge in [0.2, 0.25) is 0 Å². The monoisotopic (exact) mass is 114 g/mol. The summed E-state index contributed by atoms with van der Waals surface area (Å²) in [7, 11) is 0. The van der Waals surface area contributed by atoms with Crippen molar-refractivity contribution in [1.29, 1.82) is 0 Å². The molecule has 0 saturated heterocycles. The van der Waals surface area contributed by atoms with E-state index in [-0.39, 0.29) is 0 Å². The van der Waals surface area contributed by atoms with Gasteiger partial charge in [0, 0.05) is 0 Å². The number of hydrogen-bond donors (Lipinski definition) is 0. The fourth-order valence-electron chi connectivity index (χ4n) is 0.353. The van der Waals surface area contributed by atoms with Crippen molar-refractivity contribution in [2.24, 2.45) is 0 Å². The molecule has 0 heterocycles. The van der Waals surface area contributed by atoms with Crippen LogP contribution in [0.1, 0.15) is 13.3 Å². The van der Waals surface area contributed by atoms with Crippen LogP contribution in [0.25, 0.3) is 0 Å². The van der Waals surface area contributed by atoms with Crippen molar-refractivity contribution in [2.75, 3.05) is 6.26 Å². The third-order valence-electron chi connectivity index (χ3n) is 0.841. The minimum absolute atomic E-state index is 0.431. The summed E-state index contributed by atoms with van der Waals surface area (Å²) >= 11 is 1.73. The number of terminal acetylenes is 1. The lowest BCUT2D eigenvalue weighted by molar-refractivity contribution is 1.00. The quantitative estimate of drug-likeness (QED) is 0.493. The van der Waals surface area contributed by atoms with Crippen LogP contribution in [-0.4, -0.2) is 11.5 Å². The number of hydrogen-bond acceptors (Lipinski definition) is 1. The van der Waals surface area contributed by atoms with Gasteiger partial charge in [-0.2, -0.15) is 0 Å². The first-order valence-corrected chi connectivity index (χ1v) is 3.62. The molecule has 1 heteroatoms. The van der Waals surface area contributed by atoms with E-state index in [0.717, 1.165) is 6.42 Å². The van der Waals surface area contributed by atoms with Crippen molar-refractivity contribution in [2.45, 2.75) is 18.6 Å². The molecule has 0 saturated carbocycles. The summed E-state index contributed by atoms with van der Waals surface area (Å²) in [6.07, 6.45) is 8.24. The van der Waals surface area contributed by atoms with E-state index in [1.54, 1.807) is 11.8 Å². The lowest BCUT2D eigenvalue weighted by atomic mass is 10.3.